The first-order valence-corrected chi connectivity index (χ1v) is 3.68. The van der Waals surface area contributed by atoms with E-state index in [1.807, 2.05) is 0 Å². The fourth-order valence-corrected chi connectivity index (χ4v) is 1.22. The lowest BCUT2D eigenvalue weighted by atomic mass is 9.80. The van der Waals surface area contributed by atoms with Crippen LogP contribution in [0.4, 0.5) is 0 Å². The van der Waals surface area contributed by atoms with Crippen molar-refractivity contribution in [2.45, 2.75) is 34.6 Å². The third kappa shape index (κ3) is 2.30. The van der Waals surface area contributed by atoms with Gasteiger partial charge >= 0.3 is 0 Å². The van der Waals surface area contributed by atoms with Crippen molar-refractivity contribution in [3.05, 3.63) is 0 Å². The summed E-state index contributed by atoms with van der Waals surface area (Å²) in [6.45, 7) is 8.80. The maximum Gasteiger partial charge on any atom is 0.0500 e. The van der Waals surface area contributed by atoms with E-state index in [0.717, 1.165) is 19.1 Å². The largest absolute Gasteiger partial charge is 0.381 e. The third-order valence-corrected chi connectivity index (χ3v) is 2.15. The van der Waals surface area contributed by atoms with E-state index < -0.39 is 0 Å². The van der Waals surface area contributed by atoms with Crippen molar-refractivity contribution in [1.82, 2.24) is 0 Å². The maximum absolute atomic E-state index is 5.28. The average molecular weight is 144 g/mol. The molecule has 1 heterocycles. The zero-order chi connectivity index (χ0) is 6.91. The molecule has 1 unspecified atom stereocenters. The van der Waals surface area contributed by atoms with Gasteiger partial charge in [-0.1, -0.05) is 28.2 Å². The molecule has 1 rings (SSSR count). The maximum atomic E-state index is 5.28. The highest BCUT2D eigenvalue weighted by Gasteiger charge is 2.27. The van der Waals surface area contributed by atoms with E-state index in [1.165, 1.54) is 6.42 Å². The summed E-state index contributed by atoms with van der Waals surface area (Å²) >= 11 is 0. The number of rotatable bonds is 0. The van der Waals surface area contributed by atoms with Gasteiger partial charge in [0.15, 0.2) is 0 Å². The van der Waals surface area contributed by atoms with Crippen LogP contribution in [0.1, 0.15) is 34.6 Å². The molecule has 1 fully saturated rings. The van der Waals surface area contributed by atoms with Crippen molar-refractivity contribution >= 4 is 0 Å². The topological polar surface area (TPSA) is 9.23 Å². The Balaban J connectivity index is 0.000000810. The Kier molecular flexibility index (Phi) is 3.37. The van der Waals surface area contributed by atoms with Crippen LogP contribution in [0.2, 0.25) is 0 Å². The Morgan fingerprint density at radius 1 is 1.30 bits per heavy atom. The number of hydrogen-bond acceptors (Lipinski definition) is 1. The molecule has 0 aromatic heterocycles. The van der Waals surface area contributed by atoms with Crippen molar-refractivity contribution < 1.29 is 4.74 Å². The van der Waals surface area contributed by atoms with E-state index >= 15 is 0 Å². The first-order chi connectivity index (χ1) is 4.11. The standard InChI is InChI=1S/C8H16O.CH4/c1-8(2,3)7-4-5-9-6-7;/h7H,4-6H2,1-3H3;1H4. The van der Waals surface area contributed by atoms with Gasteiger partial charge < -0.3 is 4.74 Å². The van der Waals surface area contributed by atoms with Gasteiger partial charge in [-0.05, 0) is 17.8 Å². The van der Waals surface area contributed by atoms with Crippen molar-refractivity contribution in [1.29, 1.82) is 0 Å². The fraction of sp³-hybridized carbons (Fsp3) is 1.00. The highest BCUT2D eigenvalue weighted by molar-refractivity contribution is 4.76. The van der Waals surface area contributed by atoms with Gasteiger partial charge in [0, 0.05) is 13.2 Å². The van der Waals surface area contributed by atoms with Crippen molar-refractivity contribution in [2.75, 3.05) is 13.2 Å². The lowest BCUT2D eigenvalue weighted by Gasteiger charge is -2.24. The summed E-state index contributed by atoms with van der Waals surface area (Å²) in [6, 6.07) is 0. The minimum Gasteiger partial charge on any atom is -0.381 e. The summed E-state index contributed by atoms with van der Waals surface area (Å²) < 4.78 is 5.28. The van der Waals surface area contributed by atoms with Crippen LogP contribution in [0.15, 0.2) is 0 Å². The molecule has 0 radical (unpaired) electrons. The van der Waals surface area contributed by atoms with Crippen LogP contribution < -0.4 is 0 Å². The Morgan fingerprint density at radius 3 is 2.10 bits per heavy atom. The second-order valence-corrected chi connectivity index (χ2v) is 3.93. The normalized spacial score (nSPS) is 26.1. The third-order valence-electron chi connectivity index (χ3n) is 2.15. The molecule has 1 atom stereocenters. The molecule has 0 N–H and O–H groups in total. The molecule has 0 spiro atoms. The van der Waals surface area contributed by atoms with Gasteiger partial charge in [0.05, 0.1) is 0 Å². The Bertz CT molecular complexity index is 85.4. The molecule has 0 aliphatic carbocycles. The lowest BCUT2D eigenvalue weighted by molar-refractivity contribution is 0.152. The van der Waals surface area contributed by atoms with Crippen LogP contribution in [-0.4, -0.2) is 13.2 Å². The second kappa shape index (κ2) is 3.38. The summed E-state index contributed by atoms with van der Waals surface area (Å²) in [5.74, 6) is 0.789. The molecule has 0 amide bonds. The first kappa shape index (κ1) is 9.96. The van der Waals surface area contributed by atoms with Gasteiger partial charge in [-0.25, -0.2) is 0 Å². The molecule has 1 aliphatic rings. The van der Waals surface area contributed by atoms with E-state index in [0.29, 0.717) is 5.41 Å². The lowest BCUT2D eigenvalue weighted by Crippen LogP contribution is -2.19. The molecule has 0 aromatic rings. The average Bonchev–Trinajstić information content (AvgIpc) is 2.08. The van der Waals surface area contributed by atoms with Gasteiger partial charge in [0.2, 0.25) is 0 Å². The van der Waals surface area contributed by atoms with Crippen molar-refractivity contribution in [3.8, 4) is 0 Å². The minimum atomic E-state index is 0. The van der Waals surface area contributed by atoms with Crippen LogP contribution in [0.5, 0.6) is 0 Å². The fourth-order valence-electron chi connectivity index (χ4n) is 1.22. The summed E-state index contributed by atoms with van der Waals surface area (Å²) in [7, 11) is 0. The molecule has 0 aromatic carbocycles. The molecule has 62 valence electrons. The number of hydrogen-bond donors (Lipinski definition) is 0. The predicted octanol–water partition coefficient (Wildman–Crippen LogP) is 2.71. The van der Waals surface area contributed by atoms with Crippen LogP contribution in [0.25, 0.3) is 0 Å². The molecule has 0 bridgehead atoms. The molecule has 1 aliphatic heterocycles. The molecular formula is C9H20O. The first-order valence-electron chi connectivity index (χ1n) is 3.68. The molecule has 1 heteroatoms. The Morgan fingerprint density at radius 2 is 1.90 bits per heavy atom. The monoisotopic (exact) mass is 144 g/mol. The molecule has 1 nitrogen and oxygen atoms in total. The van der Waals surface area contributed by atoms with Crippen LogP contribution in [0, 0.1) is 11.3 Å². The van der Waals surface area contributed by atoms with Crippen LogP contribution >= 0.6 is 0 Å². The Hall–Kier alpha value is -0.0400. The second-order valence-electron chi connectivity index (χ2n) is 3.93. The zero-order valence-electron chi connectivity index (χ0n) is 6.61. The smallest absolute Gasteiger partial charge is 0.0500 e. The molecule has 1 saturated heterocycles. The Labute approximate surface area is 64.8 Å². The van der Waals surface area contributed by atoms with Crippen molar-refractivity contribution in [2.24, 2.45) is 11.3 Å². The molecular weight excluding hydrogens is 124 g/mol. The number of ether oxygens (including phenoxy) is 1. The summed E-state index contributed by atoms with van der Waals surface area (Å²) in [4.78, 5) is 0. The predicted molar refractivity (Wildman–Crippen MR) is 45.1 cm³/mol. The summed E-state index contributed by atoms with van der Waals surface area (Å²) in [5.41, 5.74) is 0.455. The van der Waals surface area contributed by atoms with Crippen molar-refractivity contribution in [3.63, 3.8) is 0 Å². The zero-order valence-corrected chi connectivity index (χ0v) is 6.61. The SMILES string of the molecule is C.CC(C)(C)C1CCOC1. The quantitative estimate of drug-likeness (QED) is 0.508. The van der Waals surface area contributed by atoms with Gasteiger partial charge in [-0.15, -0.1) is 0 Å². The van der Waals surface area contributed by atoms with Crippen LogP contribution in [-0.2, 0) is 4.74 Å². The van der Waals surface area contributed by atoms with Gasteiger partial charge in [-0.2, -0.15) is 0 Å². The highest BCUT2D eigenvalue weighted by atomic mass is 16.5. The minimum absolute atomic E-state index is 0. The van der Waals surface area contributed by atoms with Crippen LogP contribution in [0.3, 0.4) is 0 Å². The van der Waals surface area contributed by atoms with Gasteiger partial charge in [-0.3, -0.25) is 0 Å². The highest BCUT2D eigenvalue weighted by Crippen LogP contribution is 2.31. The van der Waals surface area contributed by atoms with E-state index in [4.69, 9.17) is 4.74 Å². The van der Waals surface area contributed by atoms with E-state index in [9.17, 15) is 0 Å². The van der Waals surface area contributed by atoms with Gasteiger partial charge in [0.25, 0.3) is 0 Å². The van der Waals surface area contributed by atoms with E-state index in [-0.39, 0.29) is 7.43 Å². The molecule has 0 saturated carbocycles. The van der Waals surface area contributed by atoms with E-state index in [2.05, 4.69) is 20.8 Å². The van der Waals surface area contributed by atoms with Gasteiger partial charge in [0.1, 0.15) is 0 Å². The molecule has 10 heavy (non-hydrogen) atoms. The summed E-state index contributed by atoms with van der Waals surface area (Å²) in [5, 5.41) is 0. The summed E-state index contributed by atoms with van der Waals surface area (Å²) in [6.07, 6.45) is 1.25. The van der Waals surface area contributed by atoms with E-state index in [1.54, 1.807) is 0 Å².